The molecule has 1 atom stereocenters. The summed E-state index contributed by atoms with van der Waals surface area (Å²) < 4.78 is 10.3. The van der Waals surface area contributed by atoms with Gasteiger partial charge in [0.25, 0.3) is 0 Å². The number of rotatable bonds is 7. The van der Waals surface area contributed by atoms with Gasteiger partial charge in [-0.15, -0.1) is 0 Å². The number of anilines is 1. The third kappa shape index (κ3) is 4.59. The molecule has 0 unspecified atom stereocenters. The van der Waals surface area contributed by atoms with Crippen molar-refractivity contribution >= 4 is 17.6 Å². The van der Waals surface area contributed by atoms with Crippen LogP contribution in [0.2, 0.25) is 0 Å². The molecule has 1 aromatic carbocycles. The summed E-state index contributed by atoms with van der Waals surface area (Å²) in [5, 5.41) is 16.3. The van der Waals surface area contributed by atoms with Crippen LogP contribution < -0.4 is 30.1 Å². The maximum atomic E-state index is 12.3. The van der Waals surface area contributed by atoms with Gasteiger partial charge >= 0.3 is 0 Å². The van der Waals surface area contributed by atoms with Gasteiger partial charge in [0.1, 0.15) is 43.7 Å². The molecule has 4 N–H and O–H groups in total. The van der Waals surface area contributed by atoms with Gasteiger partial charge < -0.3 is 34.9 Å². The first-order valence-electron chi connectivity index (χ1n) is 7.94. The minimum absolute atomic E-state index is 0.132. The highest BCUT2D eigenvalue weighted by molar-refractivity contribution is 5.94. The fraction of sp³-hybridized carbons (Fsp3) is 0.500. The fourth-order valence-electron chi connectivity index (χ4n) is 2.88. The molecular weight excluding hydrogens is 314 g/mol. The topological polar surface area (TPSA) is 109 Å². The number of hydrogen-bond acceptors (Lipinski definition) is 5. The molecule has 0 saturated carbocycles. The summed E-state index contributed by atoms with van der Waals surface area (Å²) in [7, 11) is 3.03. The van der Waals surface area contributed by atoms with Crippen molar-refractivity contribution in [3.8, 4) is 11.5 Å². The Bertz CT molecular complexity index is 587. The number of amides is 1. The lowest BCUT2D eigenvalue weighted by atomic mass is 10.1. The third-order valence-corrected chi connectivity index (χ3v) is 4.19. The smallest absolute Gasteiger partial charge is 0.230 e. The van der Waals surface area contributed by atoms with E-state index in [0.29, 0.717) is 30.3 Å². The van der Waals surface area contributed by atoms with Crippen LogP contribution in [-0.2, 0) is 9.59 Å². The molecule has 8 nitrogen and oxygen atoms in total. The summed E-state index contributed by atoms with van der Waals surface area (Å²) in [5.74, 6) is -0.516. The molecular formula is C16H24N3O5+. The van der Waals surface area contributed by atoms with E-state index in [-0.39, 0.29) is 12.3 Å². The van der Waals surface area contributed by atoms with Crippen molar-refractivity contribution in [3.05, 3.63) is 18.2 Å². The molecule has 0 aromatic heterocycles. The molecule has 1 saturated heterocycles. The molecule has 2 rings (SSSR count). The van der Waals surface area contributed by atoms with Crippen molar-refractivity contribution in [2.75, 3.05) is 45.7 Å². The molecule has 1 aliphatic heterocycles. The third-order valence-electron chi connectivity index (χ3n) is 4.19. The predicted molar refractivity (Wildman–Crippen MR) is 83.9 cm³/mol. The number of carboxylic acids is 1. The van der Waals surface area contributed by atoms with Gasteiger partial charge in [0.2, 0.25) is 5.91 Å². The number of nitrogens with one attached hydrogen (secondary N) is 2. The summed E-state index contributed by atoms with van der Waals surface area (Å²) in [6.07, 6.45) is -0.132. The lowest BCUT2D eigenvalue weighted by Gasteiger charge is -2.30. The molecule has 1 aliphatic rings. The molecule has 132 valence electrons. The lowest BCUT2D eigenvalue weighted by molar-refractivity contribution is -0.961. The maximum Gasteiger partial charge on any atom is 0.230 e. The number of nitrogens with two attached hydrogens (primary N) is 1. The fourth-order valence-corrected chi connectivity index (χ4v) is 2.88. The second kappa shape index (κ2) is 8.51. The van der Waals surface area contributed by atoms with E-state index >= 15 is 0 Å². The van der Waals surface area contributed by atoms with Gasteiger partial charge in [0.05, 0.1) is 32.3 Å². The monoisotopic (exact) mass is 338 g/mol. The first-order chi connectivity index (χ1) is 11.5. The Morgan fingerprint density at radius 3 is 2.58 bits per heavy atom. The van der Waals surface area contributed by atoms with Crippen molar-refractivity contribution in [3.63, 3.8) is 0 Å². The van der Waals surface area contributed by atoms with E-state index in [1.54, 1.807) is 18.2 Å². The van der Waals surface area contributed by atoms with Crippen LogP contribution >= 0.6 is 0 Å². The van der Waals surface area contributed by atoms with Crippen LogP contribution in [0.15, 0.2) is 18.2 Å². The van der Waals surface area contributed by atoms with Crippen LogP contribution in [0.4, 0.5) is 5.69 Å². The standard InChI is InChI=1S/C16H23N3O5/c1-23-11-3-4-12(14(9-11)24-2)18-15(20)10-13(16(21)22)19-7-5-17-6-8-19/h3-4,9,13,17H,5-8,10H2,1-2H3,(H,18,20)(H,21,22)/p+1/t13-/m1/s1. The van der Waals surface area contributed by atoms with E-state index in [2.05, 4.69) is 10.6 Å². The van der Waals surface area contributed by atoms with Crippen LogP contribution in [-0.4, -0.2) is 58.3 Å². The number of carboxylic acid groups (broad SMARTS) is 1. The molecule has 0 aliphatic carbocycles. The number of carbonyl (C=O) groups is 2. The summed E-state index contributed by atoms with van der Waals surface area (Å²) >= 11 is 0. The minimum Gasteiger partial charge on any atom is -0.544 e. The van der Waals surface area contributed by atoms with Crippen LogP contribution in [0, 0.1) is 0 Å². The van der Waals surface area contributed by atoms with E-state index in [9.17, 15) is 14.7 Å². The number of methoxy groups -OCH3 is 2. The van der Waals surface area contributed by atoms with Gasteiger partial charge in [-0.2, -0.15) is 0 Å². The Morgan fingerprint density at radius 1 is 1.29 bits per heavy atom. The second-order valence-electron chi connectivity index (χ2n) is 5.71. The number of ether oxygens (including phenoxy) is 2. The van der Waals surface area contributed by atoms with E-state index < -0.39 is 12.0 Å². The van der Waals surface area contributed by atoms with Crippen molar-refractivity contribution in [2.45, 2.75) is 12.5 Å². The van der Waals surface area contributed by atoms with Crippen LogP contribution in [0.25, 0.3) is 0 Å². The number of hydrogen-bond donors (Lipinski definition) is 3. The molecule has 24 heavy (non-hydrogen) atoms. The normalized spacial score (nSPS) is 16.2. The van der Waals surface area contributed by atoms with Crippen molar-refractivity contribution in [1.82, 2.24) is 0 Å². The Kier molecular flexibility index (Phi) is 6.39. The molecule has 8 heteroatoms. The zero-order valence-electron chi connectivity index (χ0n) is 14.0. The van der Waals surface area contributed by atoms with E-state index in [1.165, 1.54) is 14.2 Å². The number of benzene rings is 1. The van der Waals surface area contributed by atoms with Gasteiger partial charge in [-0.25, -0.2) is 0 Å². The Balaban J connectivity index is 2.04. The van der Waals surface area contributed by atoms with E-state index in [0.717, 1.165) is 18.0 Å². The molecule has 0 bridgehead atoms. The van der Waals surface area contributed by atoms with Gasteiger partial charge in [-0.3, -0.25) is 4.79 Å². The SMILES string of the molecule is COc1ccc(NC(=O)C[C@H](C(=O)[O-])[NH+]2CC[NH2+]CC2)c(OC)c1. The highest BCUT2D eigenvalue weighted by atomic mass is 16.5. The van der Waals surface area contributed by atoms with E-state index in [1.807, 2.05) is 0 Å². The molecule has 0 radical (unpaired) electrons. The summed E-state index contributed by atoms with van der Waals surface area (Å²) in [6.45, 7) is 3.12. The van der Waals surface area contributed by atoms with Crippen molar-refractivity contribution in [1.29, 1.82) is 0 Å². The summed E-state index contributed by atoms with van der Waals surface area (Å²) in [4.78, 5) is 24.6. The Morgan fingerprint density at radius 2 is 2.00 bits per heavy atom. The average molecular weight is 338 g/mol. The number of quaternary nitrogens is 2. The van der Waals surface area contributed by atoms with Crippen molar-refractivity contribution < 1.29 is 34.4 Å². The molecule has 1 aromatic rings. The molecule has 1 fully saturated rings. The van der Waals surface area contributed by atoms with Crippen molar-refractivity contribution in [2.24, 2.45) is 0 Å². The van der Waals surface area contributed by atoms with Crippen LogP contribution in [0.1, 0.15) is 6.42 Å². The largest absolute Gasteiger partial charge is 0.544 e. The highest BCUT2D eigenvalue weighted by Crippen LogP contribution is 2.29. The highest BCUT2D eigenvalue weighted by Gasteiger charge is 2.29. The summed E-state index contributed by atoms with van der Waals surface area (Å²) in [5.41, 5.74) is 0.474. The minimum atomic E-state index is -1.19. The average Bonchev–Trinajstić information content (AvgIpc) is 2.60. The predicted octanol–water partition coefficient (Wildman–Crippen LogP) is -3.39. The lowest BCUT2D eigenvalue weighted by Crippen LogP contribution is -3.24. The first-order valence-corrected chi connectivity index (χ1v) is 7.94. The zero-order chi connectivity index (χ0) is 17.5. The van der Waals surface area contributed by atoms with Crippen LogP contribution in [0.3, 0.4) is 0 Å². The van der Waals surface area contributed by atoms with Gasteiger partial charge in [-0.05, 0) is 12.1 Å². The van der Waals surface area contributed by atoms with Gasteiger partial charge in [-0.1, -0.05) is 0 Å². The molecule has 1 amide bonds. The quantitative estimate of drug-likeness (QED) is 0.481. The van der Waals surface area contributed by atoms with Gasteiger partial charge in [0, 0.05) is 6.07 Å². The second-order valence-corrected chi connectivity index (χ2v) is 5.71. The molecule has 0 spiro atoms. The first kappa shape index (κ1) is 18.0. The zero-order valence-corrected chi connectivity index (χ0v) is 14.0. The summed E-state index contributed by atoms with van der Waals surface area (Å²) in [6, 6.07) is 4.16. The Labute approximate surface area is 140 Å². The van der Waals surface area contributed by atoms with Crippen LogP contribution in [0.5, 0.6) is 11.5 Å². The van der Waals surface area contributed by atoms with Gasteiger partial charge in [0.15, 0.2) is 0 Å². The number of aliphatic carboxylic acids is 1. The number of carbonyl (C=O) groups excluding carboxylic acids is 2. The maximum absolute atomic E-state index is 12.3. The molecule has 1 heterocycles. The van der Waals surface area contributed by atoms with E-state index in [4.69, 9.17) is 9.47 Å². The Hall–Kier alpha value is -2.32. The number of piperazine rings is 1.